The van der Waals surface area contributed by atoms with Gasteiger partial charge in [0.2, 0.25) is 5.95 Å². The third-order valence-electron chi connectivity index (χ3n) is 3.48. The number of hydrogen-bond donors (Lipinski definition) is 2. The summed E-state index contributed by atoms with van der Waals surface area (Å²) in [6, 6.07) is 7.32. The van der Waals surface area contributed by atoms with E-state index in [1.807, 2.05) is 18.2 Å². The van der Waals surface area contributed by atoms with Gasteiger partial charge in [-0.05, 0) is 12.1 Å². The van der Waals surface area contributed by atoms with Gasteiger partial charge in [-0.1, -0.05) is 32.9 Å². The molecule has 0 radical (unpaired) electrons. The van der Waals surface area contributed by atoms with Gasteiger partial charge in [-0.3, -0.25) is 9.78 Å². The molecule has 0 aliphatic heterocycles. The van der Waals surface area contributed by atoms with Crippen LogP contribution in [0, 0.1) is 0 Å². The van der Waals surface area contributed by atoms with Gasteiger partial charge in [0.05, 0.1) is 21.6 Å². The molecule has 2 aromatic heterocycles. The van der Waals surface area contributed by atoms with Gasteiger partial charge in [-0.25, -0.2) is 9.97 Å². The number of aromatic nitrogens is 3. The zero-order valence-corrected chi connectivity index (χ0v) is 14.3. The molecular weight excluding hydrogens is 308 g/mol. The summed E-state index contributed by atoms with van der Waals surface area (Å²) < 4.78 is 0. The van der Waals surface area contributed by atoms with E-state index < -0.39 is 0 Å². The van der Waals surface area contributed by atoms with E-state index in [9.17, 15) is 4.79 Å². The summed E-state index contributed by atoms with van der Waals surface area (Å²) in [6.07, 6.45) is 0.795. The van der Waals surface area contributed by atoms with Gasteiger partial charge in [-0.15, -0.1) is 11.3 Å². The van der Waals surface area contributed by atoms with Crippen LogP contribution >= 0.6 is 11.3 Å². The summed E-state index contributed by atoms with van der Waals surface area (Å²) in [5.74, 6) is 0.500. The molecule has 0 spiro atoms. The van der Waals surface area contributed by atoms with E-state index in [-0.39, 0.29) is 11.0 Å². The number of hydrogen-bond acceptors (Lipinski definition) is 5. The smallest absolute Gasteiger partial charge is 0.260 e. The first-order valence-corrected chi connectivity index (χ1v) is 8.49. The van der Waals surface area contributed by atoms with Crippen LogP contribution in [0.15, 0.2) is 34.4 Å². The molecule has 1 aromatic carbocycles. The average Bonchev–Trinajstić information content (AvgIpc) is 2.96. The van der Waals surface area contributed by atoms with E-state index in [2.05, 4.69) is 46.4 Å². The van der Waals surface area contributed by atoms with Gasteiger partial charge >= 0.3 is 0 Å². The second-order valence-electron chi connectivity index (χ2n) is 6.50. The van der Waals surface area contributed by atoms with E-state index >= 15 is 0 Å². The van der Waals surface area contributed by atoms with Crippen LogP contribution in [0.2, 0.25) is 0 Å². The standard InChI is InChI=1S/C17H20N4OS/c1-17(2,3)15-19-11(10-23-15)8-9-18-16-20-13-7-5-4-6-12(13)14(22)21-16/h4-7,10H,8-9H2,1-3H3,(H2,18,20,21,22). The first-order chi connectivity index (χ1) is 10.9. The van der Waals surface area contributed by atoms with Crippen LogP contribution in [0.1, 0.15) is 31.5 Å². The fraction of sp³-hybridized carbons (Fsp3) is 0.353. The third-order valence-corrected chi connectivity index (χ3v) is 4.80. The van der Waals surface area contributed by atoms with Crippen molar-refractivity contribution >= 4 is 28.2 Å². The fourth-order valence-corrected chi connectivity index (χ4v) is 3.19. The summed E-state index contributed by atoms with van der Waals surface area (Å²) in [4.78, 5) is 23.9. The molecular formula is C17H20N4OS. The Bertz CT molecular complexity index is 876. The minimum Gasteiger partial charge on any atom is -0.355 e. The summed E-state index contributed by atoms with van der Waals surface area (Å²) in [5, 5.41) is 7.02. The first kappa shape index (κ1) is 15.7. The number of thiazole rings is 1. The Morgan fingerprint density at radius 3 is 2.74 bits per heavy atom. The molecule has 0 saturated carbocycles. The van der Waals surface area contributed by atoms with Crippen molar-refractivity contribution in [1.82, 2.24) is 15.0 Å². The van der Waals surface area contributed by atoms with Crippen LogP contribution in [0.3, 0.4) is 0 Å². The van der Waals surface area contributed by atoms with Crippen LogP contribution < -0.4 is 10.9 Å². The van der Waals surface area contributed by atoms with Crippen molar-refractivity contribution in [2.45, 2.75) is 32.6 Å². The molecule has 6 heteroatoms. The van der Waals surface area contributed by atoms with E-state index in [1.165, 1.54) is 0 Å². The van der Waals surface area contributed by atoms with Gasteiger partial charge in [0.25, 0.3) is 5.56 Å². The molecule has 2 N–H and O–H groups in total. The Morgan fingerprint density at radius 1 is 1.22 bits per heavy atom. The number of fused-ring (bicyclic) bond motifs is 1. The Balaban J connectivity index is 1.67. The molecule has 0 bridgehead atoms. The van der Waals surface area contributed by atoms with Gasteiger partial charge in [0.1, 0.15) is 0 Å². The molecule has 0 aliphatic rings. The van der Waals surface area contributed by atoms with Crippen LogP contribution in [0.4, 0.5) is 5.95 Å². The summed E-state index contributed by atoms with van der Waals surface area (Å²) in [6.45, 7) is 7.17. The Hall–Kier alpha value is -2.21. The fourth-order valence-electron chi connectivity index (χ4n) is 2.25. The minimum absolute atomic E-state index is 0.0848. The molecule has 2 heterocycles. The normalized spacial score (nSPS) is 11.8. The van der Waals surface area contributed by atoms with E-state index in [0.29, 0.717) is 23.4 Å². The highest BCUT2D eigenvalue weighted by atomic mass is 32.1. The molecule has 0 aliphatic carbocycles. The molecule has 0 amide bonds. The summed E-state index contributed by atoms with van der Waals surface area (Å²) in [7, 11) is 0. The van der Waals surface area contributed by atoms with E-state index in [1.54, 1.807) is 17.4 Å². The molecule has 120 valence electrons. The lowest BCUT2D eigenvalue weighted by Gasteiger charge is -2.13. The van der Waals surface area contributed by atoms with Crippen molar-refractivity contribution in [2.24, 2.45) is 0 Å². The molecule has 0 saturated heterocycles. The quantitative estimate of drug-likeness (QED) is 0.770. The molecule has 0 unspecified atom stereocenters. The van der Waals surface area contributed by atoms with Crippen molar-refractivity contribution in [3.63, 3.8) is 0 Å². The number of para-hydroxylation sites is 1. The van der Waals surface area contributed by atoms with Gasteiger partial charge in [0.15, 0.2) is 0 Å². The van der Waals surface area contributed by atoms with Crippen LogP contribution in [-0.2, 0) is 11.8 Å². The zero-order chi connectivity index (χ0) is 16.4. The van der Waals surface area contributed by atoms with Crippen molar-refractivity contribution in [3.8, 4) is 0 Å². The van der Waals surface area contributed by atoms with Gasteiger partial charge in [0, 0.05) is 23.8 Å². The van der Waals surface area contributed by atoms with Crippen molar-refractivity contribution in [1.29, 1.82) is 0 Å². The Kier molecular flexibility index (Phi) is 4.17. The summed E-state index contributed by atoms with van der Waals surface area (Å²) >= 11 is 1.69. The second kappa shape index (κ2) is 6.12. The monoisotopic (exact) mass is 328 g/mol. The predicted octanol–water partition coefficient (Wildman–Crippen LogP) is 3.33. The number of nitrogens with zero attached hydrogens (tertiary/aromatic N) is 2. The highest BCUT2D eigenvalue weighted by Crippen LogP contribution is 2.25. The maximum Gasteiger partial charge on any atom is 0.260 e. The number of anilines is 1. The molecule has 0 fully saturated rings. The molecule has 0 atom stereocenters. The maximum atomic E-state index is 12.0. The topological polar surface area (TPSA) is 70.7 Å². The highest BCUT2D eigenvalue weighted by Gasteiger charge is 2.17. The molecule has 23 heavy (non-hydrogen) atoms. The van der Waals surface area contributed by atoms with Crippen molar-refractivity contribution in [2.75, 3.05) is 11.9 Å². The first-order valence-electron chi connectivity index (χ1n) is 7.61. The lowest BCUT2D eigenvalue weighted by molar-refractivity contribution is 0.583. The van der Waals surface area contributed by atoms with Crippen molar-refractivity contribution < 1.29 is 0 Å². The number of nitrogens with one attached hydrogen (secondary N) is 2. The Labute approximate surface area is 138 Å². The van der Waals surface area contributed by atoms with Gasteiger partial charge < -0.3 is 5.32 Å². The lowest BCUT2D eigenvalue weighted by atomic mass is 9.98. The highest BCUT2D eigenvalue weighted by molar-refractivity contribution is 7.09. The average molecular weight is 328 g/mol. The second-order valence-corrected chi connectivity index (χ2v) is 7.36. The largest absolute Gasteiger partial charge is 0.355 e. The van der Waals surface area contributed by atoms with E-state index in [4.69, 9.17) is 0 Å². The maximum absolute atomic E-state index is 12.0. The van der Waals surface area contributed by atoms with Crippen molar-refractivity contribution in [3.05, 3.63) is 50.7 Å². The molecule has 3 rings (SSSR count). The lowest BCUT2D eigenvalue weighted by Crippen LogP contribution is -2.15. The van der Waals surface area contributed by atoms with Crippen LogP contribution in [0.25, 0.3) is 10.9 Å². The number of benzene rings is 1. The SMILES string of the molecule is CC(C)(C)c1nc(CCNc2nc3ccccc3c(=O)[nH]2)cs1. The number of rotatable bonds is 4. The van der Waals surface area contributed by atoms with Gasteiger partial charge in [-0.2, -0.15) is 0 Å². The minimum atomic E-state index is -0.123. The Morgan fingerprint density at radius 2 is 2.00 bits per heavy atom. The van der Waals surface area contributed by atoms with Crippen LogP contribution in [-0.4, -0.2) is 21.5 Å². The van der Waals surface area contributed by atoms with E-state index in [0.717, 1.165) is 17.1 Å². The summed E-state index contributed by atoms with van der Waals surface area (Å²) in [5.41, 5.74) is 1.72. The number of H-pyrrole nitrogens is 1. The zero-order valence-electron chi connectivity index (χ0n) is 13.5. The van der Waals surface area contributed by atoms with Crippen LogP contribution in [0.5, 0.6) is 0 Å². The molecule has 5 nitrogen and oxygen atoms in total. The number of aromatic amines is 1. The predicted molar refractivity (Wildman–Crippen MR) is 95.4 cm³/mol. The molecule has 3 aromatic rings. The third kappa shape index (κ3) is 3.59.